The third kappa shape index (κ3) is 6.86. The van der Waals surface area contributed by atoms with Crippen LogP contribution in [0.5, 0.6) is 5.75 Å². The molecular formula is C19H27F3N2O2. The molecule has 0 saturated heterocycles. The molecule has 1 aliphatic rings. The highest BCUT2D eigenvalue weighted by Gasteiger charge is 2.28. The maximum absolute atomic E-state index is 12.2. The summed E-state index contributed by atoms with van der Waals surface area (Å²) >= 11 is 0. The average molecular weight is 372 g/mol. The van der Waals surface area contributed by atoms with E-state index in [9.17, 15) is 18.0 Å². The van der Waals surface area contributed by atoms with Crippen molar-refractivity contribution in [3.63, 3.8) is 0 Å². The summed E-state index contributed by atoms with van der Waals surface area (Å²) in [6.07, 6.45) is 0.395. The number of rotatable bonds is 7. The van der Waals surface area contributed by atoms with Crippen molar-refractivity contribution >= 4 is 5.91 Å². The number of ether oxygens (including phenoxy) is 1. The molecule has 1 saturated carbocycles. The highest BCUT2D eigenvalue weighted by molar-refractivity contribution is 5.78. The zero-order chi connectivity index (χ0) is 19.2. The molecule has 2 atom stereocenters. The molecule has 1 aromatic rings. The summed E-state index contributed by atoms with van der Waals surface area (Å²) in [5.74, 6) is 0.637. The van der Waals surface area contributed by atoms with Crippen molar-refractivity contribution in [2.45, 2.75) is 51.4 Å². The first-order valence-corrected chi connectivity index (χ1v) is 9.00. The number of carbonyl (C=O) groups excluding carboxylic acids is 1. The van der Waals surface area contributed by atoms with Gasteiger partial charge in [0.25, 0.3) is 0 Å². The summed E-state index contributed by atoms with van der Waals surface area (Å²) in [6, 6.07) is 6.76. The maximum Gasteiger partial charge on any atom is 0.422 e. The minimum atomic E-state index is -4.37. The van der Waals surface area contributed by atoms with Crippen molar-refractivity contribution in [3.8, 4) is 5.75 Å². The van der Waals surface area contributed by atoms with E-state index in [4.69, 9.17) is 4.74 Å². The Morgan fingerprint density at radius 3 is 2.73 bits per heavy atom. The summed E-state index contributed by atoms with van der Waals surface area (Å²) in [6.45, 7) is 1.48. The van der Waals surface area contributed by atoms with Gasteiger partial charge in [-0.1, -0.05) is 31.9 Å². The molecule has 4 nitrogen and oxygen atoms in total. The van der Waals surface area contributed by atoms with E-state index >= 15 is 0 Å². The SMILES string of the molecule is CC1CCCCC1N(C)CC(=O)NCc1cccc(OCC(F)(F)F)c1. The van der Waals surface area contributed by atoms with Gasteiger partial charge in [-0.15, -0.1) is 0 Å². The Labute approximate surface area is 152 Å². The van der Waals surface area contributed by atoms with Gasteiger partial charge < -0.3 is 10.1 Å². The normalized spacial score (nSPS) is 20.8. The molecule has 0 bridgehead atoms. The smallest absolute Gasteiger partial charge is 0.422 e. The minimum Gasteiger partial charge on any atom is -0.484 e. The first-order chi connectivity index (χ1) is 12.2. The van der Waals surface area contributed by atoms with Crippen LogP contribution in [0.3, 0.4) is 0 Å². The quantitative estimate of drug-likeness (QED) is 0.793. The Hall–Kier alpha value is -1.76. The number of benzene rings is 1. The highest BCUT2D eigenvalue weighted by atomic mass is 19.4. The molecular weight excluding hydrogens is 345 g/mol. The van der Waals surface area contributed by atoms with Gasteiger partial charge in [-0.25, -0.2) is 0 Å². The first kappa shape index (κ1) is 20.6. The predicted octanol–water partition coefficient (Wildman–Crippen LogP) is 3.75. The van der Waals surface area contributed by atoms with Gasteiger partial charge in [-0.3, -0.25) is 9.69 Å². The van der Waals surface area contributed by atoms with Gasteiger partial charge in [-0.2, -0.15) is 13.2 Å². The number of nitrogens with zero attached hydrogens (tertiary/aromatic N) is 1. The Morgan fingerprint density at radius 1 is 1.31 bits per heavy atom. The summed E-state index contributed by atoms with van der Waals surface area (Å²) in [5, 5.41) is 2.82. The van der Waals surface area contributed by atoms with Crippen LogP contribution in [0.4, 0.5) is 13.2 Å². The van der Waals surface area contributed by atoms with Gasteiger partial charge in [0, 0.05) is 12.6 Å². The molecule has 0 aliphatic heterocycles. The lowest BCUT2D eigenvalue weighted by atomic mass is 9.85. The van der Waals surface area contributed by atoms with Gasteiger partial charge >= 0.3 is 6.18 Å². The van der Waals surface area contributed by atoms with Crippen molar-refractivity contribution in [2.24, 2.45) is 5.92 Å². The van der Waals surface area contributed by atoms with E-state index in [0.717, 1.165) is 6.42 Å². The van der Waals surface area contributed by atoms with Crippen molar-refractivity contribution in [3.05, 3.63) is 29.8 Å². The van der Waals surface area contributed by atoms with Gasteiger partial charge in [0.1, 0.15) is 5.75 Å². The highest BCUT2D eigenvalue weighted by Crippen LogP contribution is 2.27. The maximum atomic E-state index is 12.2. The summed E-state index contributed by atoms with van der Waals surface area (Å²) in [7, 11) is 1.97. The molecule has 0 spiro atoms. The molecule has 0 heterocycles. The summed E-state index contributed by atoms with van der Waals surface area (Å²) in [4.78, 5) is 14.3. The topological polar surface area (TPSA) is 41.6 Å². The van der Waals surface area contributed by atoms with E-state index in [1.54, 1.807) is 12.1 Å². The van der Waals surface area contributed by atoms with E-state index in [-0.39, 0.29) is 18.2 Å². The van der Waals surface area contributed by atoms with E-state index in [0.29, 0.717) is 24.1 Å². The lowest BCUT2D eigenvalue weighted by Crippen LogP contribution is -2.44. The van der Waals surface area contributed by atoms with E-state index < -0.39 is 12.8 Å². The number of likely N-dealkylation sites (N-methyl/N-ethyl adjacent to an activating group) is 1. The summed E-state index contributed by atoms with van der Waals surface area (Å²) < 4.78 is 41.4. The Morgan fingerprint density at radius 2 is 2.04 bits per heavy atom. The fourth-order valence-corrected chi connectivity index (χ4v) is 3.46. The van der Waals surface area contributed by atoms with Crippen LogP contribution in [0.2, 0.25) is 0 Å². The number of hydrogen-bond acceptors (Lipinski definition) is 3. The molecule has 1 fully saturated rings. The lowest BCUT2D eigenvalue weighted by molar-refractivity contribution is -0.153. The van der Waals surface area contributed by atoms with Crippen LogP contribution in [0.25, 0.3) is 0 Å². The number of amides is 1. The standard InChI is InChI=1S/C19H27F3N2O2/c1-14-6-3-4-9-17(14)24(2)12-18(25)23-11-15-7-5-8-16(10-15)26-13-19(20,21)22/h5,7-8,10,14,17H,3-4,6,9,11-13H2,1-2H3,(H,23,25). The molecule has 1 aromatic carbocycles. The van der Waals surface area contributed by atoms with E-state index in [1.165, 1.54) is 31.4 Å². The molecule has 2 unspecified atom stereocenters. The van der Waals surface area contributed by atoms with Crippen LogP contribution in [-0.4, -0.2) is 43.2 Å². The second-order valence-electron chi connectivity index (χ2n) is 7.07. The average Bonchev–Trinajstić information content (AvgIpc) is 2.58. The van der Waals surface area contributed by atoms with Gasteiger partial charge in [0.15, 0.2) is 6.61 Å². The lowest BCUT2D eigenvalue weighted by Gasteiger charge is -2.35. The summed E-state index contributed by atoms with van der Waals surface area (Å²) in [5.41, 5.74) is 0.701. The van der Waals surface area contributed by atoms with Crippen LogP contribution in [0, 0.1) is 5.92 Å². The number of nitrogens with one attached hydrogen (secondary N) is 1. The van der Waals surface area contributed by atoms with Crippen molar-refractivity contribution < 1.29 is 22.7 Å². The van der Waals surface area contributed by atoms with Crippen LogP contribution in [0.1, 0.15) is 38.2 Å². The molecule has 0 aromatic heterocycles. The van der Waals surface area contributed by atoms with Crippen molar-refractivity contribution in [1.82, 2.24) is 10.2 Å². The third-order valence-electron chi connectivity index (χ3n) is 4.82. The van der Waals surface area contributed by atoms with Gasteiger partial charge in [0.05, 0.1) is 6.54 Å². The van der Waals surface area contributed by atoms with E-state index in [1.807, 2.05) is 7.05 Å². The zero-order valence-electron chi connectivity index (χ0n) is 15.3. The third-order valence-corrected chi connectivity index (χ3v) is 4.82. The largest absolute Gasteiger partial charge is 0.484 e. The van der Waals surface area contributed by atoms with Crippen molar-refractivity contribution in [2.75, 3.05) is 20.2 Å². The Bertz CT molecular complexity index is 592. The van der Waals surface area contributed by atoms with Crippen LogP contribution < -0.4 is 10.1 Å². The van der Waals surface area contributed by atoms with Gasteiger partial charge in [0.2, 0.25) is 5.91 Å². The molecule has 1 N–H and O–H groups in total. The molecule has 2 rings (SSSR count). The molecule has 1 aliphatic carbocycles. The minimum absolute atomic E-state index is 0.0908. The fraction of sp³-hybridized carbons (Fsp3) is 0.632. The fourth-order valence-electron chi connectivity index (χ4n) is 3.46. The second-order valence-corrected chi connectivity index (χ2v) is 7.07. The monoisotopic (exact) mass is 372 g/mol. The second kappa shape index (κ2) is 9.26. The Kier molecular flexibility index (Phi) is 7.32. The molecule has 1 amide bonds. The van der Waals surface area contributed by atoms with Gasteiger partial charge in [-0.05, 0) is 43.5 Å². The number of alkyl halides is 3. The van der Waals surface area contributed by atoms with Crippen molar-refractivity contribution in [1.29, 1.82) is 0 Å². The first-order valence-electron chi connectivity index (χ1n) is 9.00. The van der Waals surface area contributed by atoms with Crippen LogP contribution in [0.15, 0.2) is 24.3 Å². The number of hydrogen-bond donors (Lipinski definition) is 1. The van der Waals surface area contributed by atoms with E-state index in [2.05, 4.69) is 17.1 Å². The molecule has 26 heavy (non-hydrogen) atoms. The molecule has 146 valence electrons. The predicted molar refractivity (Wildman–Crippen MR) is 93.9 cm³/mol. The molecule has 0 radical (unpaired) electrons. The Balaban J connectivity index is 1.79. The van der Waals surface area contributed by atoms with Crippen LogP contribution >= 0.6 is 0 Å². The number of halogens is 3. The number of carbonyl (C=O) groups is 1. The molecule has 7 heteroatoms. The van der Waals surface area contributed by atoms with Crippen LogP contribution in [-0.2, 0) is 11.3 Å². The zero-order valence-corrected chi connectivity index (χ0v) is 15.3.